The van der Waals surface area contributed by atoms with Gasteiger partial charge in [-0.1, -0.05) is 6.07 Å². The van der Waals surface area contributed by atoms with Gasteiger partial charge in [-0.15, -0.1) is 22.7 Å². The van der Waals surface area contributed by atoms with Crippen LogP contribution in [0.5, 0.6) is 0 Å². The number of thiazole rings is 1. The second kappa shape index (κ2) is 4.55. The number of thiophene rings is 1. The Morgan fingerprint density at radius 2 is 2.33 bits per heavy atom. The van der Waals surface area contributed by atoms with Gasteiger partial charge in [-0.25, -0.2) is 4.98 Å². The first-order chi connectivity index (χ1) is 7.27. The summed E-state index contributed by atoms with van der Waals surface area (Å²) in [5.74, 6) is -0.883. The number of carboxylic acid groups (broad SMARTS) is 1. The molecule has 0 aliphatic carbocycles. The first kappa shape index (κ1) is 10.3. The summed E-state index contributed by atoms with van der Waals surface area (Å²) < 4.78 is 0. The third-order valence-electron chi connectivity index (χ3n) is 2.01. The minimum absolute atomic E-state index is 0.0949. The molecule has 3 nitrogen and oxygen atoms in total. The summed E-state index contributed by atoms with van der Waals surface area (Å²) in [4.78, 5) is 16.0. The van der Waals surface area contributed by atoms with E-state index in [0.29, 0.717) is 0 Å². The largest absolute Gasteiger partial charge is 0.481 e. The Labute approximate surface area is 95.0 Å². The van der Waals surface area contributed by atoms with Crippen LogP contribution in [0.2, 0.25) is 0 Å². The van der Waals surface area contributed by atoms with Gasteiger partial charge < -0.3 is 5.11 Å². The summed E-state index contributed by atoms with van der Waals surface area (Å²) in [6, 6.07) is 3.89. The van der Waals surface area contributed by atoms with Crippen LogP contribution >= 0.6 is 22.7 Å². The third-order valence-corrected chi connectivity index (χ3v) is 3.89. The Balaban J connectivity index is 2.29. The van der Waals surface area contributed by atoms with Gasteiger partial charge in [0.25, 0.3) is 0 Å². The van der Waals surface area contributed by atoms with E-state index in [-0.39, 0.29) is 12.3 Å². The Kier molecular flexibility index (Phi) is 3.13. The van der Waals surface area contributed by atoms with Crippen molar-refractivity contribution in [3.05, 3.63) is 39.0 Å². The lowest BCUT2D eigenvalue weighted by molar-refractivity contribution is -0.137. The SMILES string of the molecule is O=C(O)CC(c1cccs1)c1nccs1. The number of aliphatic carboxylic acids is 1. The lowest BCUT2D eigenvalue weighted by Crippen LogP contribution is -2.06. The van der Waals surface area contributed by atoms with E-state index in [1.165, 1.54) is 11.3 Å². The number of carboxylic acids is 1. The molecule has 2 heterocycles. The lowest BCUT2D eigenvalue weighted by Gasteiger charge is -2.09. The monoisotopic (exact) mass is 239 g/mol. The maximum atomic E-state index is 10.8. The van der Waals surface area contributed by atoms with Crippen LogP contribution in [0.4, 0.5) is 0 Å². The van der Waals surface area contributed by atoms with Crippen LogP contribution in [0.3, 0.4) is 0 Å². The number of nitrogens with zero attached hydrogens (tertiary/aromatic N) is 1. The normalized spacial score (nSPS) is 12.5. The molecule has 0 aliphatic heterocycles. The zero-order chi connectivity index (χ0) is 10.7. The van der Waals surface area contributed by atoms with E-state index in [2.05, 4.69) is 4.98 Å². The average Bonchev–Trinajstić information content (AvgIpc) is 2.87. The van der Waals surface area contributed by atoms with Crippen molar-refractivity contribution in [1.82, 2.24) is 4.98 Å². The van der Waals surface area contributed by atoms with Gasteiger partial charge in [-0.05, 0) is 11.4 Å². The minimum atomic E-state index is -0.788. The summed E-state index contributed by atoms with van der Waals surface area (Å²) in [7, 11) is 0. The Morgan fingerprint density at radius 3 is 2.87 bits per heavy atom. The molecule has 1 N–H and O–H groups in total. The van der Waals surface area contributed by atoms with E-state index in [4.69, 9.17) is 5.11 Å². The number of rotatable bonds is 4. The van der Waals surface area contributed by atoms with Crippen molar-refractivity contribution in [1.29, 1.82) is 0 Å². The molecule has 1 atom stereocenters. The molecule has 0 aliphatic rings. The van der Waals surface area contributed by atoms with E-state index in [1.807, 2.05) is 22.9 Å². The van der Waals surface area contributed by atoms with Crippen molar-refractivity contribution < 1.29 is 9.90 Å². The highest BCUT2D eigenvalue weighted by Crippen LogP contribution is 2.32. The van der Waals surface area contributed by atoms with Gasteiger partial charge in [-0.2, -0.15) is 0 Å². The zero-order valence-corrected chi connectivity index (χ0v) is 9.42. The van der Waals surface area contributed by atoms with Gasteiger partial charge in [0.1, 0.15) is 5.01 Å². The summed E-state index contributed by atoms with van der Waals surface area (Å²) in [6.45, 7) is 0. The first-order valence-electron chi connectivity index (χ1n) is 4.42. The van der Waals surface area contributed by atoms with Crippen LogP contribution in [0, 0.1) is 0 Å². The van der Waals surface area contributed by atoms with Crippen molar-refractivity contribution in [2.45, 2.75) is 12.3 Å². The molecule has 0 bridgehead atoms. The predicted octanol–water partition coefficient (Wildman–Crippen LogP) is 2.81. The molecule has 0 radical (unpaired) electrons. The first-order valence-corrected chi connectivity index (χ1v) is 6.18. The van der Waals surface area contributed by atoms with Gasteiger partial charge in [0.2, 0.25) is 0 Å². The van der Waals surface area contributed by atoms with Crippen LogP contribution in [0.25, 0.3) is 0 Å². The van der Waals surface area contributed by atoms with Gasteiger partial charge in [0.05, 0.1) is 12.3 Å². The molecule has 0 spiro atoms. The van der Waals surface area contributed by atoms with Crippen LogP contribution in [0.15, 0.2) is 29.1 Å². The summed E-state index contributed by atoms with van der Waals surface area (Å²) >= 11 is 3.08. The fourth-order valence-electron chi connectivity index (χ4n) is 1.38. The topological polar surface area (TPSA) is 50.2 Å². The Hall–Kier alpha value is -1.20. The molecular weight excluding hydrogens is 230 g/mol. The quantitative estimate of drug-likeness (QED) is 0.892. The van der Waals surface area contributed by atoms with Crippen molar-refractivity contribution >= 4 is 28.6 Å². The van der Waals surface area contributed by atoms with Gasteiger partial charge in [-0.3, -0.25) is 4.79 Å². The van der Waals surface area contributed by atoms with Crippen molar-refractivity contribution in [3.8, 4) is 0 Å². The molecule has 0 amide bonds. The van der Waals surface area contributed by atoms with Crippen LogP contribution in [-0.4, -0.2) is 16.1 Å². The Bertz CT molecular complexity index is 388. The van der Waals surface area contributed by atoms with Gasteiger partial charge in [0, 0.05) is 16.5 Å². The van der Waals surface area contributed by atoms with E-state index < -0.39 is 5.97 Å². The molecule has 0 saturated heterocycles. The van der Waals surface area contributed by atoms with Crippen LogP contribution in [-0.2, 0) is 4.79 Å². The number of aromatic nitrogens is 1. The number of hydrogen-bond donors (Lipinski definition) is 1. The standard InChI is InChI=1S/C10H9NO2S2/c12-9(13)6-7(8-2-1-4-14-8)10-11-3-5-15-10/h1-5,7H,6H2,(H,12,13). The molecule has 0 aromatic carbocycles. The maximum Gasteiger partial charge on any atom is 0.304 e. The third kappa shape index (κ3) is 2.43. The minimum Gasteiger partial charge on any atom is -0.481 e. The molecular formula is C10H9NO2S2. The van der Waals surface area contributed by atoms with Crippen molar-refractivity contribution in [3.63, 3.8) is 0 Å². The lowest BCUT2D eigenvalue weighted by atomic mass is 10.1. The highest BCUT2D eigenvalue weighted by atomic mass is 32.1. The molecule has 15 heavy (non-hydrogen) atoms. The predicted molar refractivity (Wildman–Crippen MR) is 60.5 cm³/mol. The average molecular weight is 239 g/mol. The second-order valence-corrected chi connectivity index (χ2v) is 4.94. The maximum absolute atomic E-state index is 10.8. The summed E-state index contributed by atoms with van der Waals surface area (Å²) in [6.07, 6.45) is 1.82. The molecule has 0 saturated carbocycles. The molecule has 78 valence electrons. The van der Waals surface area contributed by atoms with E-state index >= 15 is 0 Å². The molecule has 2 aromatic heterocycles. The van der Waals surface area contributed by atoms with Crippen LogP contribution in [0.1, 0.15) is 22.2 Å². The molecule has 0 fully saturated rings. The summed E-state index contributed by atoms with van der Waals surface area (Å²) in [5.41, 5.74) is 0. The molecule has 5 heteroatoms. The zero-order valence-electron chi connectivity index (χ0n) is 7.79. The van der Waals surface area contributed by atoms with Gasteiger partial charge in [0.15, 0.2) is 0 Å². The van der Waals surface area contributed by atoms with E-state index in [0.717, 1.165) is 9.88 Å². The fourth-order valence-corrected chi connectivity index (χ4v) is 3.04. The fraction of sp³-hybridized carbons (Fsp3) is 0.200. The Morgan fingerprint density at radius 1 is 1.47 bits per heavy atom. The smallest absolute Gasteiger partial charge is 0.304 e. The number of carbonyl (C=O) groups is 1. The highest BCUT2D eigenvalue weighted by Gasteiger charge is 2.20. The van der Waals surface area contributed by atoms with E-state index in [9.17, 15) is 4.79 Å². The van der Waals surface area contributed by atoms with Crippen molar-refractivity contribution in [2.75, 3.05) is 0 Å². The highest BCUT2D eigenvalue weighted by molar-refractivity contribution is 7.11. The number of hydrogen-bond acceptors (Lipinski definition) is 4. The van der Waals surface area contributed by atoms with Gasteiger partial charge >= 0.3 is 5.97 Å². The van der Waals surface area contributed by atoms with Crippen molar-refractivity contribution in [2.24, 2.45) is 0 Å². The van der Waals surface area contributed by atoms with Crippen LogP contribution < -0.4 is 0 Å². The molecule has 1 unspecified atom stereocenters. The molecule has 2 aromatic rings. The second-order valence-electron chi connectivity index (χ2n) is 3.04. The summed E-state index contributed by atoms with van der Waals surface area (Å²) in [5, 5.41) is 13.6. The molecule has 2 rings (SSSR count). The van der Waals surface area contributed by atoms with E-state index in [1.54, 1.807) is 17.5 Å².